The summed E-state index contributed by atoms with van der Waals surface area (Å²) in [5, 5.41) is 11.6. The molecule has 21 heavy (non-hydrogen) atoms. The van der Waals surface area contributed by atoms with Crippen LogP contribution >= 0.6 is 0 Å². The van der Waals surface area contributed by atoms with E-state index < -0.39 is 0 Å². The number of carbonyl (C=O) groups excluding carboxylic acids is 1. The second-order valence-electron chi connectivity index (χ2n) is 5.32. The Labute approximate surface area is 124 Å². The van der Waals surface area contributed by atoms with Crippen molar-refractivity contribution in [3.63, 3.8) is 0 Å². The molecular weight excluding hydrogens is 268 g/mol. The molecule has 0 atom stereocenters. The molecule has 0 bridgehead atoms. The van der Waals surface area contributed by atoms with Crippen molar-refractivity contribution in [2.45, 2.75) is 19.3 Å². The van der Waals surface area contributed by atoms with Gasteiger partial charge in [0, 0.05) is 32.0 Å². The van der Waals surface area contributed by atoms with E-state index in [9.17, 15) is 4.79 Å². The third kappa shape index (κ3) is 4.55. The number of hydrogen-bond donors (Lipinski definition) is 2. The molecule has 0 aromatic carbocycles. The van der Waals surface area contributed by atoms with Crippen LogP contribution in [0.15, 0.2) is 18.3 Å². The maximum Gasteiger partial charge on any atom is 0.269 e. The zero-order valence-corrected chi connectivity index (χ0v) is 12.2. The van der Waals surface area contributed by atoms with E-state index in [2.05, 4.69) is 22.1 Å². The Balaban J connectivity index is 1.86. The van der Waals surface area contributed by atoms with E-state index in [1.807, 2.05) is 0 Å². The predicted molar refractivity (Wildman–Crippen MR) is 78.7 cm³/mol. The average Bonchev–Trinajstić information content (AvgIpc) is 3.29. The summed E-state index contributed by atoms with van der Waals surface area (Å²) in [7, 11) is 1.69. The molecule has 1 amide bonds. The van der Waals surface area contributed by atoms with Crippen LogP contribution in [0.4, 0.5) is 0 Å². The van der Waals surface area contributed by atoms with E-state index in [1.165, 1.54) is 6.20 Å². The predicted octanol–water partition coefficient (Wildman–Crippen LogP) is 0.972. The van der Waals surface area contributed by atoms with Crippen LogP contribution < -0.4 is 5.32 Å². The topological polar surface area (TPSA) is 71.5 Å². The van der Waals surface area contributed by atoms with Crippen LogP contribution in [0.1, 0.15) is 35.3 Å². The fraction of sp³-hybridized carbons (Fsp3) is 0.500. The third-order valence-electron chi connectivity index (χ3n) is 3.73. The van der Waals surface area contributed by atoms with Crippen molar-refractivity contribution in [1.29, 1.82) is 0 Å². The van der Waals surface area contributed by atoms with Crippen molar-refractivity contribution < 1.29 is 14.6 Å². The molecule has 0 aliphatic heterocycles. The molecule has 1 heterocycles. The minimum Gasteiger partial charge on any atom is -0.385 e. The molecule has 112 valence electrons. The largest absolute Gasteiger partial charge is 0.385 e. The molecular formula is C16H20N2O3. The lowest BCUT2D eigenvalue weighted by atomic mass is 10.0. The molecule has 5 heteroatoms. The molecule has 1 aromatic heterocycles. The normalized spacial score (nSPS) is 15.0. The number of carbonyl (C=O) groups is 1. The van der Waals surface area contributed by atoms with Gasteiger partial charge in [-0.15, -0.1) is 0 Å². The molecule has 2 N–H and O–H groups in total. The van der Waals surface area contributed by atoms with Crippen LogP contribution in [0, 0.1) is 17.3 Å². The zero-order valence-electron chi connectivity index (χ0n) is 12.2. The number of aliphatic hydroxyl groups is 1. The lowest BCUT2D eigenvalue weighted by Gasteiger charge is -2.15. The van der Waals surface area contributed by atoms with Crippen molar-refractivity contribution in [1.82, 2.24) is 10.3 Å². The Morgan fingerprint density at radius 3 is 2.90 bits per heavy atom. The van der Waals surface area contributed by atoms with Gasteiger partial charge in [-0.05, 0) is 36.8 Å². The standard InChI is InChI=1S/C16H20N2O3/c1-21-10-8-16(6-7-16)12-18-15(20)14-5-4-13(11-17-14)3-2-9-19/h4-5,11,19H,6-10,12H2,1H3,(H,18,20). The van der Waals surface area contributed by atoms with Crippen LogP contribution in [0.3, 0.4) is 0 Å². The van der Waals surface area contributed by atoms with E-state index in [-0.39, 0.29) is 17.9 Å². The zero-order chi connectivity index (χ0) is 15.1. The van der Waals surface area contributed by atoms with E-state index >= 15 is 0 Å². The summed E-state index contributed by atoms with van der Waals surface area (Å²) in [4.78, 5) is 16.1. The number of aromatic nitrogens is 1. The smallest absolute Gasteiger partial charge is 0.269 e. The number of rotatable bonds is 6. The molecule has 0 radical (unpaired) electrons. The minimum atomic E-state index is -0.189. The first-order chi connectivity index (χ1) is 10.2. The number of aliphatic hydroxyl groups excluding tert-OH is 1. The van der Waals surface area contributed by atoms with Gasteiger partial charge in [-0.1, -0.05) is 11.8 Å². The van der Waals surface area contributed by atoms with Crippen LogP contribution in [0.5, 0.6) is 0 Å². The molecule has 5 nitrogen and oxygen atoms in total. The van der Waals surface area contributed by atoms with Gasteiger partial charge < -0.3 is 15.2 Å². The lowest BCUT2D eigenvalue weighted by Crippen LogP contribution is -2.31. The highest BCUT2D eigenvalue weighted by molar-refractivity contribution is 5.92. The van der Waals surface area contributed by atoms with Crippen molar-refractivity contribution in [3.8, 4) is 11.8 Å². The van der Waals surface area contributed by atoms with Gasteiger partial charge in [0.15, 0.2) is 0 Å². The van der Waals surface area contributed by atoms with Crippen LogP contribution in [-0.2, 0) is 4.74 Å². The number of ether oxygens (including phenoxy) is 1. The monoisotopic (exact) mass is 288 g/mol. The first-order valence-electron chi connectivity index (χ1n) is 7.02. The number of hydrogen-bond acceptors (Lipinski definition) is 4. The number of methoxy groups -OCH3 is 1. The highest BCUT2D eigenvalue weighted by Crippen LogP contribution is 2.48. The van der Waals surface area contributed by atoms with Crippen LogP contribution in [0.2, 0.25) is 0 Å². The fourth-order valence-electron chi connectivity index (χ4n) is 2.11. The van der Waals surface area contributed by atoms with Crippen LogP contribution in [0.25, 0.3) is 0 Å². The van der Waals surface area contributed by atoms with Gasteiger partial charge in [0.25, 0.3) is 5.91 Å². The summed E-state index contributed by atoms with van der Waals surface area (Å²) >= 11 is 0. The maximum atomic E-state index is 12.0. The first kappa shape index (κ1) is 15.5. The summed E-state index contributed by atoms with van der Waals surface area (Å²) in [6.45, 7) is 1.21. The van der Waals surface area contributed by atoms with Crippen LogP contribution in [-0.4, -0.2) is 42.9 Å². The van der Waals surface area contributed by atoms with Gasteiger partial charge in [0.1, 0.15) is 12.3 Å². The van der Waals surface area contributed by atoms with Crippen molar-refractivity contribution in [2.75, 3.05) is 26.9 Å². The second-order valence-corrected chi connectivity index (χ2v) is 5.32. The summed E-state index contributed by atoms with van der Waals surface area (Å²) in [5.74, 6) is 5.11. The van der Waals surface area contributed by atoms with E-state index in [4.69, 9.17) is 9.84 Å². The van der Waals surface area contributed by atoms with E-state index in [0.717, 1.165) is 25.9 Å². The van der Waals surface area contributed by atoms with E-state index in [1.54, 1.807) is 19.2 Å². The van der Waals surface area contributed by atoms with Crippen molar-refractivity contribution >= 4 is 5.91 Å². The second kappa shape index (κ2) is 7.21. The molecule has 0 spiro atoms. The molecule has 1 saturated carbocycles. The Hall–Kier alpha value is -1.90. The molecule has 1 fully saturated rings. The summed E-state index contributed by atoms with van der Waals surface area (Å²) in [6.07, 6.45) is 4.79. The van der Waals surface area contributed by atoms with Gasteiger partial charge in [-0.2, -0.15) is 0 Å². The molecule has 1 aliphatic carbocycles. The Morgan fingerprint density at radius 1 is 1.52 bits per heavy atom. The number of nitrogens with zero attached hydrogens (tertiary/aromatic N) is 1. The Bertz CT molecular complexity index is 539. The summed E-state index contributed by atoms with van der Waals surface area (Å²) < 4.78 is 5.10. The number of amides is 1. The summed E-state index contributed by atoms with van der Waals surface area (Å²) in [6, 6.07) is 3.37. The fourth-order valence-corrected chi connectivity index (χ4v) is 2.11. The number of nitrogens with one attached hydrogen (secondary N) is 1. The average molecular weight is 288 g/mol. The molecule has 2 rings (SSSR count). The van der Waals surface area contributed by atoms with E-state index in [0.29, 0.717) is 17.8 Å². The van der Waals surface area contributed by atoms with Crippen molar-refractivity contribution in [3.05, 3.63) is 29.6 Å². The quantitative estimate of drug-likeness (QED) is 0.765. The van der Waals surface area contributed by atoms with Gasteiger partial charge in [-0.25, -0.2) is 4.98 Å². The SMILES string of the molecule is COCCC1(CNC(=O)c2ccc(C#CCO)cn2)CC1. The summed E-state index contributed by atoms with van der Waals surface area (Å²) in [5.41, 5.74) is 1.28. The van der Waals surface area contributed by atoms with Crippen molar-refractivity contribution in [2.24, 2.45) is 5.41 Å². The molecule has 0 unspecified atom stereocenters. The highest BCUT2D eigenvalue weighted by Gasteiger charge is 2.42. The van der Waals surface area contributed by atoms with Gasteiger partial charge in [0.2, 0.25) is 0 Å². The molecule has 1 aliphatic rings. The minimum absolute atomic E-state index is 0.166. The van der Waals surface area contributed by atoms with Gasteiger partial charge in [-0.3, -0.25) is 4.79 Å². The maximum absolute atomic E-state index is 12.0. The Kier molecular flexibility index (Phi) is 5.32. The molecule has 1 aromatic rings. The van der Waals surface area contributed by atoms with Gasteiger partial charge in [0.05, 0.1) is 0 Å². The third-order valence-corrected chi connectivity index (χ3v) is 3.73. The molecule has 0 saturated heterocycles. The van der Waals surface area contributed by atoms with Gasteiger partial charge >= 0.3 is 0 Å². The first-order valence-corrected chi connectivity index (χ1v) is 7.02. The number of pyridine rings is 1. The lowest BCUT2D eigenvalue weighted by molar-refractivity contribution is 0.0933. The highest BCUT2D eigenvalue weighted by atomic mass is 16.5. The Morgan fingerprint density at radius 2 is 2.33 bits per heavy atom.